The lowest BCUT2D eigenvalue weighted by atomic mass is 9.98. The predicted octanol–water partition coefficient (Wildman–Crippen LogP) is 2.44. The fourth-order valence-electron chi connectivity index (χ4n) is 3.24. The molecule has 0 radical (unpaired) electrons. The first-order chi connectivity index (χ1) is 10.8. The number of piperidine rings is 1. The van der Waals surface area contributed by atoms with Gasteiger partial charge in [0.2, 0.25) is 0 Å². The van der Waals surface area contributed by atoms with Gasteiger partial charge >= 0.3 is 0 Å². The summed E-state index contributed by atoms with van der Waals surface area (Å²) in [5.41, 5.74) is 2.06. The van der Waals surface area contributed by atoms with E-state index in [1.807, 2.05) is 24.0 Å². The summed E-state index contributed by atoms with van der Waals surface area (Å²) in [7, 11) is 2.02. The van der Waals surface area contributed by atoms with Gasteiger partial charge in [0.1, 0.15) is 5.82 Å². The summed E-state index contributed by atoms with van der Waals surface area (Å²) in [5, 5.41) is 7.67. The molecule has 0 spiro atoms. The minimum atomic E-state index is -0.219. The second kappa shape index (κ2) is 7.03. The normalized spacial score (nSPS) is 19.5. The number of hydrogen-bond donors (Lipinski definition) is 1. The first kappa shape index (κ1) is 15.2. The van der Waals surface area contributed by atoms with Crippen LogP contribution in [0.1, 0.15) is 18.5 Å². The van der Waals surface area contributed by atoms with Crippen LogP contribution in [0, 0.1) is 11.7 Å². The van der Waals surface area contributed by atoms with Crippen molar-refractivity contribution in [3.05, 3.63) is 48.0 Å². The van der Waals surface area contributed by atoms with Crippen molar-refractivity contribution in [1.29, 1.82) is 0 Å². The van der Waals surface area contributed by atoms with Crippen LogP contribution >= 0.6 is 0 Å². The van der Waals surface area contributed by atoms with Gasteiger partial charge in [0.15, 0.2) is 0 Å². The number of nitrogens with one attached hydrogen (secondary N) is 1. The van der Waals surface area contributed by atoms with Crippen LogP contribution in [0.4, 0.5) is 4.39 Å². The molecule has 118 valence electrons. The highest BCUT2D eigenvalue weighted by molar-refractivity contribution is 5.32. The Kier molecular flexibility index (Phi) is 4.85. The second-order valence-corrected chi connectivity index (χ2v) is 6.01. The lowest BCUT2D eigenvalue weighted by molar-refractivity contribution is 0.164. The van der Waals surface area contributed by atoms with Crippen LogP contribution in [0.2, 0.25) is 0 Å². The maximum absolute atomic E-state index is 13.1. The summed E-state index contributed by atoms with van der Waals surface area (Å²) in [4.78, 5) is 2.49. The summed E-state index contributed by atoms with van der Waals surface area (Å²) in [5.74, 6) is 0.504. The zero-order valence-corrected chi connectivity index (χ0v) is 13.0. The Bertz CT molecular complexity index is 591. The third kappa shape index (κ3) is 3.54. The van der Waals surface area contributed by atoms with Crippen molar-refractivity contribution in [2.75, 3.05) is 26.7 Å². The Labute approximate surface area is 130 Å². The van der Waals surface area contributed by atoms with E-state index < -0.39 is 0 Å². The van der Waals surface area contributed by atoms with Gasteiger partial charge in [-0.15, -0.1) is 0 Å². The first-order valence-electron chi connectivity index (χ1n) is 7.92. The van der Waals surface area contributed by atoms with E-state index in [0.717, 1.165) is 43.5 Å². The van der Waals surface area contributed by atoms with Gasteiger partial charge in [-0.05, 0) is 69.2 Å². The van der Waals surface area contributed by atoms with Crippen LogP contribution in [0.3, 0.4) is 0 Å². The molecule has 1 atom stereocenters. The van der Waals surface area contributed by atoms with Crippen molar-refractivity contribution in [2.45, 2.75) is 19.4 Å². The fraction of sp³-hybridized carbons (Fsp3) is 0.471. The van der Waals surface area contributed by atoms with Gasteiger partial charge in [0, 0.05) is 19.3 Å². The summed E-state index contributed by atoms with van der Waals surface area (Å²) >= 11 is 0. The van der Waals surface area contributed by atoms with Gasteiger partial charge in [0.25, 0.3) is 0 Å². The number of rotatable bonds is 5. The molecule has 0 aliphatic carbocycles. The van der Waals surface area contributed by atoms with Crippen molar-refractivity contribution in [3.63, 3.8) is 0 Å². The van der Waals surface area contributed by atoms with E-state index in [-0.39, 0.29) is 5.82 Å². The molecule has 2 heterocycles. The molecular formula is C17H23FN4. The molecule has 3 rings (SSSR count). The van der Waals surface area contributed by atoms with Gasteiger partial charge in [0.05, 0.1) is 11.4 Å². The number of hydrogen-bond acceptors (Lipinski definition) is 3. The molecular weight excluding hydrogens is 279 g/mol. The summed E-state index contributed by atoms with van der Waals surface area (Å²) in [6.07, 6.45) is 4.36. The van der Waals surface area contributed by atoms with Crippen LogP contribution in [0.5, 0.6) is 0 Å². The van der Waals surface area contributed by atoms with Gasteiger partial charge < -0.3 is 5.32 Å². The van der Waals surface area contributed by atoms with Crippen molar-refractivity contribution >= 4 is 0 Å². The summed E-state index contributed by atoms with van der Waals surface area (Å²) in [6, 6.07) is 8.54. The second-order valence-electron chi connectivity index (χ2n) is 6.01. The molecule has 1 unspecified atom stereocenters. The van der Waals surface area contributed by atoms with E-state index in [0.29, 0.717) is 0 Å². The molecule has 2 aromatic rings. The third-order valence-electron chi connectivity index (χ3n) is 4.27. The molecule has 1 aromatic heterocycles. The zero-order chi connectivity index (χ0) is 15.4. The highest BCUT2D eigenvalue weighted by atomic mass is 19.1. The molecule has 1 N–H and O–H groups in total. The molecule has 0 bridgehead atoms. The Morgan fingerprint density at radius 2 is 2.09 bits per heavy atom. The molecule has 0 amide bonds. The average molecular weight is 302 g/mol. The third-order valence-corrected chi connectivity index (χ3v) is 4.27. The Balaban J connectivity index is 1.71. The van der Waals surface area contributed by atoms with Crippen LogP contribution in [0.15, 0.2) is 36.5 Å². The van der Waals surface area contributed by atoms with E-state index in [4.69, 9.17) is 0 Å². The average Bonchev–Trinajstić information content (AvgIpc) is 2.97. The Morgan fingerprint density at radius 3 is 2.86 bits per heavy atom. The van der Waals surface area contributed by atoms with E-state index >= 15 is 0 Å². The molecule has 1 aromatic carbocycles. The van der Waals surface area contributed by atoms with Gasteiger partial charge in [-0.3, -0.25) is 4.90 Å². The number of likely N-dealkylation sites (tertiary alicyclic amines) is 1. The minimum Gasteiger partial charge on any atom is -0.319 e. The molecule has 5 heteroatoms. The topological polar surface area (TPSA) is 33.1 Å². The highest BCUT2D eigenvalue weighted by Crippen LogP contribution is 2.19. The number of aromatic nitrogens is 2. The monoisotopic (exact) mass is 302 g/mol. The van der Waals surface area contributed by atoms with E-state index in [1.54, 1.807) is 12.1 Å². The van der Waals surface area contributed by atoms with Crippen molar-refractivity contribution in [1.82, 2.24) is 20.0 Å². The lowest BCUT2D eigenvalue weighted by Crippen LogP contribution is -2.38. The summed E-state index contributed by atoms with van der Waals surface area (Å²) < 4.78 is 15.0. The maximum atomic E-state index is 13.1. The molecule has 1 saturated heterocycles. The number of nitrogens with zero attached hydrogens (tertiary/aromatic N) is 3. The first-order valence-corrected chi connectivity index (χ1v) is 7.92. The zero-order valence-electron chi connectivity index (χ0n) is 13.0. The predicted molar refractivity (Wildman–Crippen MR) is 85.4 cm³/mol. The van der Waals surface area contributed by atoms with Crippen LogP contribution in [-0.4, -0.2) is 41.4 Å². The molecule has 4 nitrogen and oxygen atoms in total. The van der Waals surface area contributed by atoms with E-state index in [2.05, 4.69) is 15.3 Å². The highest BCUT2D eigenvalue weighted by Gasteiger charge is 2.20. The van der Waals surface area contributed by atoms with Crippen LogP contribution < -0.4 is 5.32 Å². The van der Waals surface area contributed by atoms with Crippen molar-refractivity contribution in [2.24, 2.45) is 5.92 Å². The standard InChI is InChI=1S/C17H23FN4/c1-19-11-14-3-2-10-21(12-14)13-17-8-9-20-22(17)16-6-4-15(18)5-7-16/h4-9,14,19H,2-3,10-13H2,1H3. The smallest absolute Gasteiger partial charge is 0.123 e. The van der Waals surface area contributed by atoms with E-state index in [1.165, 1.54) is 25.0 Å². The maximum Gasteiger partial charge on any atom is 0.123 e. The molecule has 0 saturated carbocycles. The molecule has 1 fully saturated rings. The Morgan fingerprint density at radius 1 is 1.27 bits per heavy atom. The number of benzene rings is 1. The molecule has 1 aliphatic rings. The number of halogens is 1. The largest absolute Gasteiger partial charge is 0.319 e. The molecule has 22 heavy (non-hydrogen) atoms. The van der Waals surface area contributed by atoms with Crippen molar-refractivity contribution in [3.8, 4) is 5.69 Å². The van der Waals surface area contributed by atoms with Crippen LogP contribution in [-0.2, 0) is 6.54 Å². The van der Waals surface area contributed by atoms with Crippen molar-refractivity contribution < 1.29 is 4.39 Å². The Hall–Kier alpha value is -1.72. The van der Waals surface area contributed by atoms with Crippen LogP contribution in [0.25, 0.3) is 5.69 Å². The SMILES string of the molecule is CNCC1CCCN(Cc2ccnn2-c2ccc(F)cc2)C1. The van der Waals surface area contributed by atoms with Gasteiger partial charge in [-0.25, -0.2) is 9.07 Å². The van der Waals surface area contributed by atoms with E-state index in [9.17, 15) is 4.39 Å². The quantitative estimate of drug-likeness (QED) is 0.921. The van der Waals surface area contributed by atoms with Gasteiger partial charge in [-0.1, -0.05) is 0 Å². The summed E-state index contributed by atoms with van der Waals surface area (Å²) in [6.45, 7) is 4.22. The fourth-order valence-corrected chi connectivity index (χ4v) is 3.24. The minimum absolute atomic E-state index is 0.219. The lowest BCUT2D eigenvalue weighted by Gasteiger charge is -2.32. The van der Waals surface area contributed by atoms with Gasteiger partial charge in [-0.2, -0.15) is 5.10 Å². The molecule has 1 aliphatic heterocycles.